The maximum absolute atomic E-state index is 11.7. The highest BCUT2D eigenvalue weighted by Crippen LogP contribution is 2.19. The number of hydrogen-bond donors (Lipinski definition) is 0. The zero-order valence-electron chi connectivity index (χ0n) is 9.68. The summed E-state index contributed by atoms with van der Waals surface area (Å²) < 4.78 is 0. The van der Waals surface area contributed by atoms with Crippen molar-refractivity contribution in [3.05, 3.63) is 0 Å². The van der Waals surface area contributed by atoms with Gasteiger partial charge in [-0.1, -0.05) is 27.7 Å². The molecule has 0 unspecified atom stereocenters. The van der Waals surface area contributed by atoms with Gasteiger partial charge in [0.1, 0.15) is 0 Å². The monoisotopic (exact) mass is 185 g/mol. The van der Waals surface area contributed by atoms with Crippen LogP contribution in [0.3, 0.4) is 0 Å². The van der Waals surface area contributed by atoms with Crippen LogP contribution in [-0.2, 0) is 4.79 Å². The molecule has 1 amide bonds. The van der Waals surface area contributed by atoms with Crippen LogP contribution in [0.15, 0.2) is 0 Å². The number of carbonyl (C=O) groups excluding carboxylic acids is 1. The summed E-state index contributed by atoms with van der Waals surface area (Å²) in [7, 11) is 0. The van der Waals surface area contributed by atoms with Crippen LogP contribution in [0.5, 0.6) is 0 Å². The van der Waals surface area contributed by atoms with Crippen LogP contribution >= 0.6 is 0 Å². The second-order valence-electron chi connectivity index (χ2n) is 4.71. The molecule has 2 heteroatoms. The van der Waals surface area contributed by atoms with E-state index in [1.54, 1.807) is 0 Å². The maximum atomic E-state index is 11.7. The molecule has 78 valence electrons. The second kappa shape index (κ2) is 5.25. The Labute approximate surface area is 82.3 Å². The summed E-state index contributed by atoms with van der Waals surface area (Å²) in [5, 5.41) is 0. The van der Waals surface area contributed by atoms with Crippen LogP contribution < -0.4 is 0 Å². The molecule has 0 saturated heterocycles. The van der Waals surface area contributed by atoms with E-state index in [-0.39, 0.29) is 11.3 Å². The van der Waals surface area contributed by atoms with E-state index in [9.17, 15) is 4.79 Å². The average Bonchev–Trinajstić information content (AvgIpc) is 1.96. The van der Waals surface area contributed by atoms with Crippen LogP contribution in [0.25, 0.3) is 0 Å². The summed E-state index contributed by atoms with van der Waals surface area (Å²) in [6, 6.07) is 0. The molecule has 0 radical (unpaired) electrons. The first-order valence-electron chi connectivity index (χ1n) is 5.18. The van der Waals surface area contributed by atoms with Crippen LogP contribution in [0.4, 0.5) is 0 Å². The van der Waals surface area contributed by atoms with Crippen molar-refractivity contribution in [1.82, 2.24) is 4.90 Å². The first-order valence-corrected chi connectivity index (χ1v) is 5.18. The van der Waals surface area contributed by atoms with Gasteiger partial charge >= 0.3 is 0 Å². The Morgan fingerprint density at radius 3 is 2.08 bits per heavy atom. The molecular weight excluding hydrogens is 162 g/mol. The van der Waals surface area contributed by atoms with Crippen LogP contribution in [0.2, 0.25) is 0 Å². The van der Waals surface area contributed by atoms with Gasteiger partial charge in [-0.05, 0) is 18.8 Å². The Balaban J connectivity index is 4.06. The summed E-state index contributed by atoms with van der Waals surface area (Å²) in [6.07, 6.45) is 1.70. The third-order valence-electron chi connectivity index (χ3n) is 1.91. The molecule has 0 heterocycles. The third kappa shape index (κ3) is 5.67. The lowest BCUT2D eigenvalue weighted by atomic mass is 9.91. The minimum absolute atomic E-state index is 0.109. The standard InChI is InChI=1S/C11H23NO/c1-6-8-12(7-2)10(13)9-11(3,4)5/h6-9H2,1-5H3. The van der Waals surface area contributed by atoms with Crippen molar-refractivity contribution in [1.29, 1.82) is 0 Å². The van der Waals surface area contributed by atoms with Crippen molar-refractivity contribution in [2.75, 3.05) is 13.1 Å². The highest BCUT2D eigenvalue weighted by molar-refractivity contribution is 5.76. The Hall–Kier alpha value is -0.530. The van der Waals surface area contributed by atoms with Gasteiger partial charge in [0.05, 0.1) is 0 Å². The van der Waals surface area contributed by atoms with Crippen molar-refractivity contribution in [2.24, 2.45) is 5.41 Å². The first-order chi connectivity index (χ1) is 5.90. The van der Waals surface area contributed by atoms with E-state index in [1.165, 1.54) is 0 Å². The number of rotatable bonds is 4. The largest absolute Gasteiger partial charge is 0.343 e. The minimum atomic E-state index is 0.109. The van der Waals surface area contributed by atoms with E-state index in [1.807, 2.05) is 11.8 Å². The lowest BCUT2D eigenvalue weighted by molar-refractivity contribution is -0.132. The lowest BCUT2D eigenvalue weighted by Gasteiger charge is -2.25. The highest BCUT2D eigenvalue weighted by Gasteiger charge is 2.19. The quantitative estimate of drug-likeness (QED) is 0.659. The zero-order chi connectivity index (χ0) is 10.5. The van der Waals surface area contributed by atoms with Gasteiger partial charge in [-0.3, -0.25) is 4.79 Å². The molecule has 0 bridgehead atoms. The molecule has 0 aliphatic rings. The molecular formula is C11H23NO. The maximum Gasteiger partial charge on any atom is 0.223 e. The fraction of sp³-hybridized carbons (Fsp3) is 0.909. The smallest absolute Gasteiger partial charge is 0.223 e. The van der Waals surface area contributed by atoms with Gasteiger partial charge in [0.25, 0.3) is 0 Å². The van der Waals surface area contributed by atoms with Crippen molar-refractivity contribution in [3.63, 3.8) is 0 Å². The van der Waals surface area contributed by atoms with Gasteiger partial charge in [-0.2, -0.15) is 0 Å². The molecule has 0 aromatic rings. The number of carbonyl (C=O) groups is 1. The molecule has 0 N–H and O–H groups in total. The molecule has 0 aromatic carbocycles. The molecule has 0 atom stereocenters. The molecule has 13 heavy (non-hydrogen) atoms. The van der Waals surface area contributed by atoms with E-state index in [0.717, 1.165) is 19.5 Å². The molecule has 0 spiro atoms. The van der Waals surface area contributed by atoms with Gasteiger partial charge in [0, 0.05) is 19.5 Å². The predicted molar refractivity (Wildman–Crippen MR) is 56.6 cm³/mol. The zero-order valence-corrected chi connectivity index (χ0v) is 9.68. The Bertz CT molecular complexity index is 158. The van der Waals surface area contributed by atoms with Crippen molar-refractivity contribution in [2.45, 2.75) is 47.5 Å². The molecule has 0 rings (SSSR count). The van der Waals surface area contributed by atoms with Crippen molar-refractivity contribution in [3.8, 4) is 0 Å². The van der Waals surface area contributed by atoms with Gasteiger partial charge in [-0.25, -0.2) is 0 Å². The van der Waals surface area contributed by atoms with E-state index in [0.29, 0.717) is 6.42 Å². The SMILES string of the molecule is CCCN(CC)C(=O)CC(C)(C)C. The fourth-order valence-corrected chi connectivity index (χ4v) is 1.29. The Kier molecular flexibility index (Phi) is 5.04. The number of amides is 1. The molecule has 0 saturated carbocycles. The number of hydrogen-bond acceptors (Lipinski definition) is 1. The molecule has 0 aliphatic carbocycles. The molecule has 2 nitrogen and oxygen atoms in total. The predicted octanol–water partition coefficient (Wildman–Crippen LogP) is 2.68. The summed E-state index contributed by atoms with van der Waals surface area (Å²) in [5.74, 6) is 0.289. The van der Waals surface area contributed by atoms with Crippen molar-refractivity contribution < 1.29 is 4.79 Å². The van der Waals surface area contributed by atoms with Crippen LogP contribution in [0, 0.1) is 5.41 Å². The molecule has 0 aliphatic heterocycles. The van der Waals surface area contributed by atoms with Gasteiger partial charge < -0.3 is 4.90 Å². The minimum Gasteiger partial charge on any atom is -0.343 e. The molecule has 0 aromatic heterocycles. The fourth-order valence-electron chi connectivity index (χ4n) is 1.29. The summed E-state index contributed by atoms with van der Waals surface area (Å²) in [4.78, 5) is 13.6. The van der Waals surface area contributed by atoms with E-state index in [4.69, 9.17) is 0 Å². The Morgan fingerprint density at radius 1 is 1.23 bits per heavy atom. The summed E-state index contributed by atoms with van der Waals surface area (Å²) in [6.45, 7) is 12.2. The molecule has 0 fully saturated rings. The lowest BCUT2D eigenvalue weighted by Crippen LogP contribution is -2.33. The normalized spacial score (nSPS) is 11.5. The van der Waals surface area contributed by atoms with E-state index < -0.39 is 0 Å². The van der Waals surface area contributed by atoms with Crippen molar-refractivity contribution >= 4 is 5.91 Å². The van der Waals surface area contributed by atoms with Crippen LogP contribution in [-0.4, -0.2) is 23.9 Å². The van der Waals surface area contributed by atoms with Gasteiger partial charge in [-0.15, -0.1) is 0 Å². The second-order valence-corrected chi connectivity index (χ2v) is 4.71. The first kappa shape index (κ1) is 12.5. The number of nitrogens with zero attached hydrogens (tertiary/aromatic N) is 1. The Morgan fingerprint density at radius 2 is 1.77 bits per heavy atom. The van der Waals surface area contributed by atoms with E-state index >= 15 is 0 Å². The van der Waals surface area contributed by atoms with Crippen LogP contribution in [0.1, 0.15) is 47.5 Å². The van der Waals surface area contributed by atoms with E-state index in [2.05, 4.69) is 27.7 Å². The summed E-state index contributed by atoms with van der Waals surface area (Å²) >= 11 is 0. The highest BCUT2D eigenvalue weighted by atomic mass is 16.2. The topological polar surface area (TPSA) is 20.3 Å². The third-order valence-corrected chi connectivity index (χ3v) is 1.91. The van der Waals surface area contributed by atoms with Gasteiger partial charge in [0.2, 0.25) is 5.91 Å². The summed E-state index contributed by atoms with van der Waals surface area (Å²) in [5.41, 5.74) is 0.109. The van der Waals surface area contributed by atoms with Gasteiger partial charge in [0.15, 0.2) is 0 Å². The average molecular weight is 185 g/mol.